The van der Waals surface area contributed by atoms with E-state index in [0.717, 1.165) is 19.3 Å². The Morgan fingerprint density at radius 3 is 2.19 bits per heavy atom. The van der Waals surface area contributed by atoms with Gasteiger partial charge in [0.1, 0.15) is 0 Å². The standard InChI is InChI=1S/C20H32O6/c1-2-3-8-12-17(21)18(22)13-9-6-4-5-7-10-15-20(25,26)16-11-14-19(23)24/h4-7,9-10,13,15,17-18,21-22,25-26H,2-3,8,11-12,14,16H2,1H3,(H,23,24)/b6-4+,7-5-,13-9+,15-10+/t17-,18+/m1/s1. The molecule has 0 heterocycles. The number of hydrogen-bond donors (Lipinski definition) is 5. The summed E-state index contributed by atoms with van der Waals surface area (Å²) in [7, 11) is 0. The monoisotopic (exact) mass is 368 g/mol. The van der Waals surface area contributed by atoms with Gasteiger partial charge in [-0.2, -0.15) is 0 Å². The maximum atomic E-state index is 10.4. The average Bonchev–Trinajstić information content (AvgIpc) is 2.56. The number of carbonyl (C=O) groups is 1. The van der Waals surface area contributed by atoms with E-state index >= 15 is 0 Å². The molecule has 0 aliphatic heterocycles. The molecule has 148 valence electrons. The van der Waals surface area contributed by atoms with Crippen molar-refractivity contribution >= 4 is 5.97 Å². The van der Waals surface area contributed by atoms with Crippen molar-refractivity contribution in [1.82, 2.24) is 0 Å². The van der Waals surface area contributed by atoms with Gasteiger partial charge in [0.2, 0.25) is 0 Å². The number of aliphatic hydroxyl groups is 4. The van der Waals surface area contributed by atoms with E-state index in [-0.39, 0.29) is 19.3 Å². The molecule has 0 saturated heterocycles. The molecule has 0 bridgehead atoms. The van der Waals surface area contributed by atoms with Gasteiger partial charge in [-0.05, 0) is 18.9 Å². The van der Waals surface area contributed by atoms with Gasteiger partial charge in [0, 0.05) is 12.8 Å². The predicted octanol–water partition coefficient (Wildman–Crippen LogP) is 2.45. The Morgan fingerprint density at radius 2 is 1.58 bits per heavy atom. The summed E-state index contributed by atoms with van der Waals surface area (Å²) in [5.74, 6) is -3.00. The largest absolute Gasteiger partial charge is 0.481 e. The molecule has 2 atom stereocenters. The molecule has 0 amide bonds. The van der Waals surface area contributed by atoms with Crippen molar-refractivity contribution in [3.63, 3.8) is 0 Å². The fourth-order valence-electron chi connectivity index (χ4n) is 2.13. The molecule has 0 rings (SSSR count). The number of aliphatic hydroxyl groups excluding tert-OH is 2. The van der Waals surface area contributed by atoms with E-state index in [1.807, 2.05) is 0 Å². The molecule has 6 heteroatoms. The molecule has 26 heavy (non-hydrogen) atoms. The van der Waals surface area contributed by atoms with Gasteiger partial charge < -0.3 is 25.5 Å². The summed E-state index contributed by atoms with van der Waals surface area (Å²) < 4.78 is 0. The number of carboxylic acids is 1. The zero-order valence-electron chi connectivity index (χ0n) is 15.4. The molecule has 0 spiro atoms. The van der Waals surface area contributed by atoms with Crippen LogP contribution in [0.5, 0.6) is 0 Å². The SMILES string of the molecule is CCCCC[C@@H](O)[C@@H](O)/C=C/C=C/C=C\C=C\C(O)(O)CCCC(=O)O. The van der Waals surface area contributed by atoms with Gasteiger partial charge in [0.05, 0.1) is 12.2 Å². The Bertz CT molecular complexity index is 491. The maximum absolute atomic E-state index is 10.4. The second kappa shape index (κ2) is 14.4. The van der Waals surface area contributed by atoms with E-state index in [0.29, 0.717) is 6.42 Å². The lowest BCUT2D eigenvalue weighted by molar-refractivity contribution is -0.139. The summed E-state index contributed by atoms with van der Waals surface area (Å²) in [5.41, 5.74) is 0. The normalized spacial score (nSPS) is 15.6. The third-order valence-corrected chi connectivity index (χ3v) is 3.66. The van der Waals surface area contributed by atoms with Crippen molar-refractivity contribution in [2.75, 3.05) is 0 Å². The molecule has 0 unspecified atom stereocenters. The summed E-state index contributed by atoms with van der Waals surface area (Å²) >= 11 is 0. The van der Waals surface area contributed by atoms with Gasteiger partial charge >= 0.3 is 5.97 Å². The highest BCUT2D eigenvalue weighted by atomic mass is 16.5. The molecule has 0 aliphatic carbocycles. The molecule has 0 aromatic heterocycles. The fraction of sp³-hybridized carbons (Fsp3) is 0.550. The van der Waals surface area contributed by atoms with Crippen molar-refractivity contribution in [1.29, 1.82) is 0 Å². The van der Waals surface area contributed by atoms with Crippen LogP contribution in [0.4, 0.5) is 0 Å². The number of hydrogen-bond acceptors (Lipinski definition) is 5. The second-order valence-corrected chi connectivity index (χ2v) is 6.19. The van der Waals surface area contributed by atoms with Gasteiger partial charge in [-0.25, -0.2) is 0 Å². The Balaban J connectivity index is 4.13. The third-order valence-electron chi connectivity index (χ3n) is 3.66. The van der Waals surface area contributed by atoms with Gasteiger partial charge in [0.15, 0.2) is 5.79 Å². The lowest BCUT2D eigenvalue weighted by Gasteiger charge is -2.16. The number of allylic oxidation sites excluding steroid dienone is 6. The van der Waals surface area contributed by atoms with Crippen LogP contribution in [0.1, 0.15) is 51.9 Å². The summed E-state index contributed by atoms with van der Waals surface area (Å²) in [6, 6.07) is 0. The molecule has 6 nitrogen and oxygen atoms in total. The number of rotatable bonds is 14. The zero-order chi connectivity index (χ0) is 19.8. The highest BCUT2D eigenvalue weighted by Gasteiger charge is 2.18. The van der Waals surface area contributed by atoms with E-state index in [4.69, 9.17) is 5.11 Å². The van der Waals surface area contributed by atoms with Crippen LogP contribution >= 0.6 is 0 Å². The van der Waals surface area contributed by atoms with Crippen molar-refractivity contribution in [2.45, 2.75) is 69.9 Å². The average molecular weight is 368 g/mol. The Hall–Kier alpha value is -1.73. The first-order valence-corrected chi connectivity index (χ1v) is 9.00. The number of unbranched alkanes of at least 4 members (excludes halogenated alkanes) is 2. The molecular formula is C20H32O6. The Kier molecular flexibility index (Phi) is 13.5. The molecule has 0 aromatic carbocycles. The van der Waals surface area contributed by atoms with E-state index in [1.54, 1.807) is 30.4 Å². The van der Waals surface area contributed by atoms with Crippen LogP contribution in [0.3, 0.4) is 0 Å². The van der Waals surface area contributed by atoms with Gasteiger partial charge in [-0.15, -0.1) is 0 Å². The molecule has 0 aliphatic rings. The van der Waals surface area contributed by atoms with E-state index in [9.17, 15) is 25.2 Å². The lowest BCUT2D eigenvalue weighted by Crippen LogP contribution is -2.24. The first-order chi connectivity index (χ1) is 12.3. The summed E-state index contributed by atoms with van der Waals surface area (Å²) in [4.78, 5) is 10.4. The Labute approximate surface area is 155 Å². The number of carboxylic acid groups (broad SMARTS) is 1. The summed E-state index contributed by atoms with van der Waals surface area (Å²) in [5, 5.41) is 47.3. The van der Waals surface area contributed by atoms with Crippen molar-refractivity contribution in [2.24, 2.45) is 0 Å². The Morgan fingerprint density at radius 1 is 0.962 bits per heavy atom. The minimum Gasteiger partial charge on any atom is -0.481 e. The first-order valence-electron chi connectivity index (χ1n) is 9.00. The van der Waals surface area contributed by atoms with Gasteiger partial charge in [0.25, 0.3) is 0 Å². The molecular weight excluding hydrogens is 336 g/mol. The van der Waals surface area contributed by atoms with Crippen LogP contribution in [0.25, 0.3) is 0 Å². The smallest absolute Gasteiger partial charge is 0.303 e. The van der Waals surface area contributed by atoms with E-state index in [1.165, 1.54) is 18.2 Å². The highest BCUT2D eigenvalue weighted by molar-refractivity contribution is 5.66. The van der Waals surface area contributed by atoms with Crippen molar-refractivity contribution in [3.05, 3.63) is 48.6 Å². The zero-order valence-corrected chi connectivity index (χ0v) is 15.4. The van der Waals surface area contributed by atoms with E-state index < -0.39 is 24.0 Å². The third kappa shape index (κ3) is 14.6. The van der Waals surface area contributed by atoms with Crippen LogP contribution < -0.4 is 0 Å². The van der Waals surface area contributed by atoms with Gasteiger partial charge in [-0.1, -0.05) is 68.7 Å². The van der Waals surface area contributed by atoms with Crippen molar-refractivity contribution in [3.8, 4) is 0 Å². The quantitative estimate of drug-likeness (QED) is 0.183. The number of aliphatic carboxylic acids is 1. The van der Waals surface area contributed by atoms with E-state index in [2.05, 4.69) is 6.92 Å². The van der Waals surface area contributed by atoms with Crippen LogP contribution in [0, 0.1) is 0 Å². The second-order valence-electron chi connectivity index (χ2n) is 6.19. The predicted molar refractivity (Wildman–Crippen MR) is 101 cm³/mol. The van der Waals surface area contributed by atoms with Gasteiger partial charge in [-0.3, -0.25) is 4.79 Å². The van der Waals surface area contributed by atoms with Crippen LogP contribution in [0.2, 0.25) is 0 Å². The molecule has 5 N–H and O–H groups in total. The molecule has 0 radical (unpaired) electrons. The minimum absolute atomic E-state index is 0.0549. The molecule has 0 aromatic rings. The minimum atomic E-state index is -2.03. The maximum Gasteiger partial charge on any atom is 0.303 e. The lowest BCUT2D eigenvalue weighted by atomic mass is 10.1. The first kappa shape index (κ1) is 24.3. The summed E-state index contributed by atoms with van der Waals surface area (Å²) in [6.45, 7) is 2.08. The summed E-state index contributed by atoms with van der Waals surface area (Å²) in [6.07, 6.45) is 14.4. The van der Waals surface area contributed by atoms with Crippen LogP contribution in [-0.4, -0.2) is 49.5 Å². The molecule has 0 saturated carbocycles. The van der Waals surface area contributed by atoms with Crippen LogP contribution in [-0.2, 0) is 4.79 Å². The fourth-order valence-corrected chi connectivity index (χ4v) is 2.13. The topological polar surface area (TPSA) is 118 Å². The highest BCUT2D eigenvalue weighted by Crippen LogP contribution is 2.12. The van der Waals surface area contributed by atoms with Crippen LogP contribution in [0.15, 0.2) is 48.6 Å². The van der Waals surface area contributed by atoms with Crippen molar-refractivity contribution < 1.29 is 30.3 Å². The molecule has 0 fully saturated rings.